The van der Waals surface area contributed by atoms with Crippen LogP contribution >= 0.6 is 0 Å². The van der Waals surface area contributed by atoms with Gasteiger partial charge in [0.2, 0.25) is 0 Å². The minimum absolute atomic E-state index is 0.309. The zero-order chi connectivity index (χ0) is 13.8. The van der Waals surface area contributed by atoms with Gasteiger partial charge >= 0.3 is 121 Å². The number of carbonyl (C=O) groups excluding carboxylic acids is 2. The molecule has 2 rings (SSSR count). The quantitative estimate of drug-likeness (QED) is 0.609. The second kappa shape index (κ2) is 6.23. The molecular weight excluding hydrogens is 360 g/mol. The van der Waals surface area contributed by atoms with Crippen LogP contribution in [0, 0.1) is 0 Å². The number of hydrogen-bond donors (Lipinski definition) is 0. The second-order valence-corrected chi connectivity index (χ2v) is 6.66. The third-order valence-electron chi connectivity index (χ3n) is 2.54. The molecule has 0 aliphatic carbocycles. The van der Waals surface area contributed by atoms with Crippen molar-refractivity contribution in [3.8, 4) is 0 Å². The van der Waals surface area contributed by atoms with Gasteiger partial charge in [0.15, 0.2) is 0 Å². The molecule has 0 unspecified atom stereocenters. The van der Waals surface area contributed by atoms with Crippen molar-refractivity contribution >= 4 is 43.1 Å². The van der Waals surface area contributed by atoms with Gasteiger partial charge in [-0.3, -0.25) is 0 Å². The molecule has 0 fully saturated rings. The van der Waals surface area contributed by atoms with Crippen LogP contribution in [0.25, 0.3) is 10.8 Å². The Kier molecular flexibility index (Phi) is 4.62. The summed E-state index contributed by atoms with van der Waals surface area (Å²) in [7, 11) is 0. The van der Waals surface area contributed by atoms with Gasteiger partial charge in [-0.2, -0.15) is 0 Å². The molecule has 1 aromatic heterocycles. The number of ether oxygens (including phenoxy) is 2. The van der Waals surface area contributed by atoms with E-state index in [1.54, 1.807) is 13.8 Å². The van der Waals surface area contributed by atoms with Crippen LogP contribution in [0.1, 0.15) is 30.6 Å². The number of rotatable bonds is 4. The van der Waals surface area contributed by atoms with Crippen molar-refractivity contribution in [1.82, 2.24) is 0 Å². The first-order valence-electron chi connectivity index (χ1n) is 6.04. The van der Waals surface area contributed by atoms with Crippen LogP contribution in [-0.4, -0.2) is 45.6 Å². The number of hydrogen-bond acceptors (Lipinski definition) is 4. The Morgan fingerprint density at radius 1 is 0.947 bits per heavy atom. The van der Waals surface area contributed by atoms with E-state index in [1.165, 1.54) is 0 Å². The van der Waals surface area contributed by atoms with E-state index in [0.717, 1.165) is 10.8 Å². The fraction of sp³-hybridized carbons (Fsp3) is 0.286. The minimum atomic E-state index is -1.04. The van der Waals surface area contributed by atoms with E-state index in [1.807, 2.05) is 24.3 Å². The molecule has 4 nitrogen and oxygen atoms in total. The summed E-state index contributed by atoms with van der Waals surface area (Å²) in [6, 6.07) is 7.44. The summed E-state index contributed by atoms with van der Waals surface area (Å²) in [5, 5.41) is 1.65. The van der Waals surface area contributed by atoms with Crippen molar-refractivity contribution in [1.29, 1.82) is 0 Å². The van der Waals surface area contributed by atoms with E-state index in [0.29, 0.717) is 20.4 Å². The van der Waals surface area contributed by atoms with Gasteiger partial charge in [0, 0.05) is 0 Å². The van der Waals surface area contributed by atoms with Crippen molar-refractivity contribution in [2.24, 2.45) is 0 Å². The molecule has 0 saturated heterocycles. The van der Waals surface area contributed by atoms with Crippen LogP contribution in [-0.2, 0) is 9.47 Å². The zero-order valence-electron chi connectivity index (χ0n) is 10.8. The van der Waals surface area contributed by atoms with E-state index >= 15 is 0 Å². The first-order chi connectivity index (χ1) is 9.19. The molecular formula is C14H14O4Te. The number of benzene rings is 1. The van der Waals surface area contributed by atoms with Crippen molar-refractivity contribution in [2.75, 3.05) is 13.2 Å². The Balaban J connectivity index is 2.54. The summed E-state index contributed by atoms with van der Waals surface area (Å²) in [6.45, 7) is 4.23. The third-order valence-corrected chi connectivity index (χ3v) is 5.91. The van der Waals surface area contributed by atoms with E-state index < -0.39 is 20.4 Å². The molecule has 100 valence electrons. The van der Waals surface area contributed by atoms with Crippen LogP contribution in [0.3, 0.4) is 0 Å². The third kappa shape index (κ3) is 2.83. The first kappa shape index (κ1) is 14.1. The van der Waals surface area contributed by atoms with Crippen LogP contribution in [0.5, 0.6) is 0 Å². The van der Waals surface area contributed by atoms with Gasteiger partial charge in [-0.05, 0) is 0 Å². The van der Waals surface area contributed by atoms with Gasteiger partial charge in [0.25, 0.3) is 0 Å². The molecule has 1 heterocycles. The molecule has 0 aliphatic rings. The van der Waals surface area contributed by atoms with E-state index in [9.17, 15) is 9.59 Å². The van der Waals surface area contributed by atoms with Crippen molar-refractivity contribution in [3.63, 3.8) is 0 Å². The monoisotopic (exact) mass is 376 g/mol. The average Bonchev–Trinajstić information content (AvgIpc) is 2.79. The summed E-state index contributed by atoms with van der Waals surface area (Å²) in [5.74, 6) is -0.617. The number of fused-ring (bicyclic) bond motifs is 1. The molecule has 0 spiro atoms. The SMILES string of the molecule is CCOC(=O)c1[te]c(C(=O)OCC)c2ccccc12. The summed E-state index contributed by atoms with van der Waals surface area (Å²) in [5.41, 5.74) is 0. The normalized spacial score (nSPS) is 10.4. The molecule has 1 aromatic carbocycles. The summed E-state index contributed by atoms with van der Waals surface area (Å²) >= 11 is -1.04. The van der Waals surface area contributed by atoms with Gasteiger partial charge in [-0.25, -0.2) is 0 Å². The molecule has 5 heteroatoms. The second-order valence-electron chi connectivity index (χ2n) is 3.75. The molecule has 0 aliphatic heterocycles. The van der Waals surface area contributed by atoms with E-state index in [4.69, 9.17) is 9.47 Å². The fourth-order valence-electron chi connectivity index (χ4n) is 1.79. The van der Waals surface area contributed by atoms with Crippen LogP contribution in [0.15, 0.2) is 24.3 Å². The number of carbonyl (C=O) groups is 2. The summed E-state index contributed by atoms with van der Waals surface area (Å²) in [6.07, 6.45) is 0. The van der Waals surface area contributed by atoms with Crippen LogP contribution in [0.2, 0.25) is 0 Å². The van der Waals surface area contributed by atoms with E-state index in [2.05, 4.69) is 0 Å². The van der Waals surface area contributed by atoms with Gasteiger partial charge in [0.1, 0.15) is 0 Å². The van der Waals surface area contributed by atoms with Gasteiger partial charge in [-0.1, -0.05) is 0 Å². The molecule has 19 heavy (non-hydrogen) atoms. The predicted octanol–water partition coefficient (Wildman–Crippen LogP) is 2.25. The first-order valence-corrected chi connectivity index (χ1v) is 8.37. The molecule has 0 saturated carbocycles. The van der Waals surface area contributed by atoms with Crippen LogP contribution < -0.4 is 0 Å². The maximum absolute atomic E-state index is 11.9. The molecule has 0 N–H and O–H groups in total. The molecule has 0 amide bonds. The molecule has 0 atom stereocenters. The Bertz CT molecular complexity index is 563. The molecule has 2 aromatic rings. The Hall–Kier alpha value is -1.31. The van der Waals surface area contributed by atoms with Crippen molar-refractivity contribution in [3.05, 3.63) is 31.4 Å². The summed E-state index contributed by atoms with van der Waals surface area (Å²) < 4.78 is 11.4. The molecule has 0 radical (unpaired) electrons. The van der Waals surface area contributed by atoms with Gasteiger partial charge in [-0.15, -0.1) is 0 Å². The van der Waals surface area contributed by atoms with E-state index in [-0.39, 0.29) is 11.9 Å². The standard InChI is InChI=1S/C14H14O4Te/c1-3-17-13(15)11-9-7-5-6-8-10(9)12(19-11)14(16)18-4-2/h5-8H,3-4H2,1-2H3. The van der Waals surface area contributed by atoms with Crippen molar-refractivity contribution in [2.45, 2.75) is 13.8 Å². The van der Waals surface area contributed by atoms with Crippen LogP contribution in [0.4, 0.5) is 0 Å². The Morgan fingerprint density at radius 3 is 1.74 bits per heavy atom. The van der Waals surface area contributed by atoms with Gasteiger partial charge in [0.05, 0.1) is 0 Å². The Labute approximate surface area is 120 Å². The fourth-order valence-corrected chi connectivity index (χ4v) is 4.83. The van der Waals surface area contributed by atoms with Crippen molar-refractivity contribution < 1.29 is 19.1 Å². The Morgan fingerprint density at radius 2 is 1.37 bits per heavy atom. The average molecular weight is 374 g/mol. The molecule has 0 bridgehead atoms. The summed E-state index contributed by atoms with van der Waals surface area (Å²) in [4.78, 5) is 23.9. The zero-order valence-corrected chi connectivity index (χ0v) is 13.1. The van der Waals surface area contributed by atoms with Gasteiger partial charge < -0.3 is 0 Å². The number of esters is 2. The maximum atomic E-state index is 11.9. The predicted molar refractivity (Wildman–Crippen MR) is 72.8 cm³/mol. The topological polar surface area (TPSA) is 52.6 Å².